The second kappa shape index (κ2) is 9.67. The van der Waals surface area contributed by atoms with Crippen LogP contribution in [0.2, 0.25) is 5.02 Å². The lowest BCUT2D eigenvalue weighted by Gasteiger charge is -2.29. The number of nitrogens with zero attached hydrogens (tertiary/aromatic N) is 4. The summed E-state index contributed by atoms with van der Waals surface area (Å²) in [6.07, 6.45) is 1.91. The van der Waals surface area contributed by atoms with Crippen molar-refractivity contribution in [1.29, 1.82) is 0 Å². The lowest BCUT2D eigenvalue weighted by atomic mass is 10.0. The Morgan fingerprint density at radius 1 is 1.30 bits per heavy atom. The zero-order chi connectivity index (χ0) is 20.0. The molecule has 1 heterocycles. The number of aromatic nitrogens is 1. The number of ether oxygens (including phenoxy) is 1. The quantitative estimate of drug-likeness (QED) is 0.582. The molecule has 1 aromatic carbocycles. The average molecular weight is 392 g/mol. The van der Waals surface area contributed by atoms with Gasteiger partial charge in [0.1, 0.15) is 5.75 Å². The second-order valence-corrected chi connectivity index (χ2v) is 7.20. The molecule has 2 aromatic rings. The Balaban J connectivity index is 2.09. The minimum atomic E-state index is 0.149. The van der Waals surface area contributed by atoms with Crippen LogP contribution in [-0.4, -0.2) is 62.2 Å². The zero-order valence-corrected chi connectivity index (χ0v) is 17.8. The molecule has 6 nitrogen and oxygen atoms in total. The number of methoxy groups -OCH3 is 1. The Morgan fingerprint density at radius 2 is 2.00 bits per heavy atom. The molecule has 0 aliphatic heterocycles. The van der Waals surface area contributed by atoms with E-state index in [1.54, 1.807) is 14.2 Å². The predicted octanol–water partition coefficient (Wildman–Crippen LogP) is 3.00. The summed E-state index contributed by atoms with van der Waals surface area (Å²) < 4.78 is 7.57. The number of halogens is 1. The summed E-state index contributed by atoms with van der Waals surface area (Å²) in [7, 11) is 11.6. The fraction of sp³-hybridized carbons (Fsp3) is 0.450. The van der Waals surface area contributed by atoms with Gasteiger partial charge in [-0.1, -0.05) is 29.8 Å². The molecule has 0 aliphatic rings. The Bertz CT molecular complexity index is 771. The molecule has 0 bridgehead atoms. The monoisotopic (exact) mass is 391 g/mol. The van der Waals surface area contributed by atoms with Gasteiger partial charge in [-0.05, 0) is 26.2 Å². The lowest BCUT2D eigenvalue weighted by molar-refractivity contribution is 0.285. The van der Waals surface area contributed by atoms with E-state index in [4.69, 9.17) is 16.3 Å². The first-order chi connectivity index (χ1) is 12.9. The predicted molar refractivity (Wildman–Crippen MR) is 113 cm³/mol. The highest BCUT2D eigenvalue weighted by atomic mass is 35.5. The van der Waals surface area contributed by atoms with Gasteiger partial charge in [0, 0.05) is 45.1 Å². The van der Waals surface area contributed by atoms with Crippen LogP contribution in [0.3, 0.4) is 0 Å². The third-order valence-electron chi connectivity index (χ3n) is 4.62. The van der Waals surface area contributed by atoms with Crippen molar-refractivity contribution in [2.45, 2.75) is 12.6 Å². The maximum atomic E-state index is 6.09. The number of aliphatic imine (C=N–C) groups is 1. The Hall–Kier alpha value is -2.18. The highest BCUT2D eigenvalue weighted by Crippen LogP contribution is 2.27. The molecule has 1 aromatic heterocycles. The molecule has 0 spiro atoms. The summed E-state index contributed by atoms with van der Waals surface area (Å²) in [5, 5.41) is 4.23. The molecule has 0 saturated carbocycles. The number of aryl methyl sites for hydroxylation is 1. The van der Waals surface area contributed by atoms with Gasteiger partial charge in [-0.2, -0.15) is 0 Å². The SMILES string of the molecule is CN=C(NCC(c1ccccc1OC)N(C)C)N(C)Cc1cc(Cl)cn1C. The van der Waals surface area contributed by atoms with E-state index < -0.39 is 0 Å². The van der Waals surface area contributed by atoms with Gasteiger partial charge in [-0.3, -0.25) is 4.99 Å². The summed E-state index contributed by atoms with van der Waals surface area (Å²) in [6, 6.07) is 10.2. The van der Waals surface area contributed by atoms with Crippen molar-refractivity contribution in [1.82, 2.24) is 19.7 Å². The van der Waals surface area contributed by atoms with Gasteiger partial charge in [-0.15, -0.1) is 0 Å². The number of hydrogen-bond donors (Lipinski definition) is 1. The standard InChI is InChI=1S/C20H30ClN5O/c1-22-20(26(5)14-16-11-15(21)13-25(16)4)23-12-18(24(2)3)17-9-7-8-10-19(17)27-6/h7-11,13,18H,12,14H2,1-6H3,(H,22,23). The number of para-hydroxylation sites is 1. The molecule has 2 rings (SSSR count). The molecule has 27 heavy (non-hydrogen) atoms. The van der Waals surface area contributed by atoms with Crippen molar-refractivity contribution >= 4 is 17.6 Å². The molecule has 148 valence electrons. The summed E-state index contributed by atoms with van der Waals surface area (Å²) in [5.41, 5.74) is 2.27. The summed E-state index contributed by atoms with van der Waals surface area (Å²) in [4.78, 5) is 8.69. The third-order valence-corrected chi connectivity index (χ3v) is 4.83. The summed E-state index contributed by atoms with van der Waals surface area (Å²) in [6.45, 7) is 1.42. The van der Waals surface area contributed by atoms with Gasteiger partial charge < -0.3 is 24.4 Å². The van der Waals surface area contributed by atoms with Gasteiger partial charge in [0.25, 0.3) is 0 Å². The highest BCUT2D eigenvalue weighted by molar-refractivity contribution is 6.30. The molecule has 1 unspecified atom stereocenters. The number of hydrogen-bond acceptors (Lipinski definition) is 3. The number of rotatable bonds is 7. The second-order valence-electron chi connectivity index (χ2n) is 6.77. The number of likely N-dealkylation sites (N-methyl/N-ethyl adjacent to an activating group) is 1. The van der Waals surface area contributed by atoms with Crippen LogP contribution >= 0.6 is 11.6 Å². The fourth-order valence-corrected chi connectivity index (χ4v) is 3.40. The van der Waals surface area contributed by atoms with Gasteiger partial charge in [0.2, 0.25) is 0 Å². The molecule has 0 fully saturated rings. The van der Waals surface area contributed by atoms with Gasteiger partial charge in [0.05, 0.1) is 24.7 Å². The molecule has 1 atom stereocenters. The third kappa shape index (κ3) is 5.40. The van der Waals surface area contributed by atoms with E-state index in [0.29, 0.717) is 13.1 Å². The van der Waals surface area contributed by atoms with Crippen LogP contribution < -0.4 is 10.1 Å². The van der Waals surface area contributed by atoms with Crippen LogP contribution in [0.25, 0.3) is 0 Å². The van der Waals surface area contributed by atoms with Crippen LogP contribution in [0.15, 0.2) is 41.5 Å². The molecule has 0 amide bonds. The van der Waals surface area contributed by atoms with Crippen LogP contribution in [0.1, 0.15) is 17.3 Å². The lowest BCUT2D eigenvalue weighted by Crippen LogP contribution is -2.42. The van der Waals surface area contributed by atoms with Crippen LogP contribution in [0.5, 0.6) is 5.75 Å². The largest absolute Gasteiger partial charge is 0.496 e. The van der Waals surface area contributed by atoms with Crippen molar-refractivity contribution in [3.63, 3.8) is 0 Å². The van der Waals surface area contributed by atoms with Gasteiger partial charge >= 0.3 is 0 Å². The number of benzene rings is 1. The molecule has 7 heteroatoms. The van der Waals surface area contributed by atoms with Crippen LogP contribution in [-0.2, 0) is 13.6 Å². The van der Waals surface area contributed by atoms with E-state index >= 15 is 0 Å². The topological polar surface area (TPSA) is 45.0 Å². The Labute approximate surface area is 167 Å². The van der Waals surface area contributed by atoms with Crippen molar-refractivity contribution in [3.8, 4) is 5.75 Å². The summed E-state index contributed by atoms with van der Waals surface area (Å²) >= 11 is 6.09. The average Bonchev–Trinajstić information content (AvgIpc) is 2.95. The minimum absolute atomic E-state index is 0.149. The minimum Gasteiger partial charge on any atom is -0.496 e. The molecule has 0 saturated heterocycles. The van der Waals surface area contributed by atoms with Crippen molar-refractivity contribution in [2.24, 2.45) is 12.0 Å². The first kappa shape index (κ1) is 21.1. The van der Waals surface area contributed by atoms with E-state index in [1.165, 1.54) is 0 Å². The van der Waals surface area contributed by atoms with Crippen LogP contribution in [0.4, 0.5) is 0 Å². The Kier molecular flexibility index (Phi) is 7.56. The normalized spacial score (nSPS) is 13.0. The van der Waals surface area contributed by atoms with Crippen molar-refractivity contribution in [2.75, 3.05) is 41.8 Å². The molecule has 0 radical (unpaired) electrons. The Morgan fingerprint density at radius 3 is 2.56 bits per heavy atom. The van der Waals surface area contributed by atoms with E-state index in [2.05, 4.69) is 40.3 Å². The van der Waals surface area contributed by atoms with E-state index in [9.17, 15) is 0 Å². The maximum absolute atomic E-state index is 6.09. The first-order valence-corrected chi connectivity index (χ1v) is 9.27. The molecule has 0 aliphatic carbocycles. The maximum Gasteiger partial charge on any atom is 0.193 e. The van der Waals surface area contributed by atoms with E-state index in [-0.39, 0.29) is 6.04 Å². The smallest absolute Gasteiger partial charge is 0.193 e. The van der Waals surface area contributed by atoms with E-state index in [1.807, 2.05) is 49.1 Å². The van der Waals surface area contributed by atoms with Crippen molar-refractivity contribution in [3.05, 3.63) is 52.8 Å². The zero-order valence-electron chi connectivity index (χ0n) is 17.0. The van der Waals surface area contributed by atoms with Gasteiger partial charge in [-0.25, -0.2) is 0 Å². The highest BCUT2D eigenvalue weighted by Gasteiger charge is 2.19. The van der Waals surface area contributed by atoms with E-state index in [0.717, 1.165) is 28.0 Å². The number of nitrogens with one attached hydrogen (secondary N) is 1. The van der Waals surface area contributed by atoms with Crippen LogP contribution in [0, 0.1) is 0 Å². The molecule has 1 N–H and O–H groups in total. The van der Waals surface area contributed by atoms with Gasteiger partial charge in [0.15, 0.2) is 5.96 Å². The first-order valence-electron chi connectivity index (χ1n) is 8.89. The number of guanidine groups is 1. The molecular weight excluding hydrogens is 362 g/mol. The summed E-state index contributed by atoms with van der Waals surface area (Å²) in [5.74, 6) is 1.72. The fourth-order valence-electron chi connectivity index (χ4n) is 3.13. The van der Waals surface area contributed by atoms with Crippen molar-refractivity contribution < 1.29 is 4.74 Å². The molecular formula is C20H30ClN5O.